The predicted molar refractivity (Wildman–Crippen MR) is 75.7 cm³/mol. The first-order valence-electron chi connectivity index (χ1n) is 7.02. The van der Waals surface area contributed by atoms with Crippen LogP contribution in [0.2, 0.25) is 0 Å². The summed E-state index contributed by atoms with van der Waals surface area (Å²) in [5.41, 5.74) is 0. The minimum Gasteiger partial charge on any atom is -0.353 e. The molecule has 0 saturated carbocycles. The number of hydrogen-bond donors (Lipinski definition) is 1. The highest BCUT2D eigenvalue weighted by molar-refractivity contribution is 5.81. The van der Waals surface area contributed by atoms with Crippen molar-refractivity contribution < 1.29 is 14.3 Å². The number of carbonyl (C=O) groups is 1. The van der Waals surface area contributed by atoms with Crippen LogP contribution in [0.1, 0.15) is 41.0 Å². The molecular weight excluding hydrogens is 242 g/mol. The fraction of sp³-hybridized carbons (Fsp3) is 0.800. The lowest BCUT2D eigenvalue weighted by Crippen LogP contribution is -2.44. The molecule has 1 amide bonds. The number of amides is 1. The molecule has 0 aliphatic carbocycles. The lowest BCUT2D eigenvalue weighted by atomic mass is 9.89. The topological polar surface area (TPSA) is 47.6 Å². The highest BCUT2D eigenvalue weighted by Crippen LogP contribution is 2.34. The SMILES string of the molecule is C=CCCNC(=O)[C@H]1OC(C)(C)O[C@@H]1[C@@H](C)C(C)C. The Kier molecular flexibility index (Phi) is 5.56. The quantitative estimate of drug-likeness (QED) is 0.595. The second-order valence-electron chi connectivity index (χ2n) is 5.99. The van der Waals surface area contributed by atoms with E-state index in [0.717, 1.165) is 6.42 Å². The molecule has 4 nitrogen and oxygen atoms in total. The van der Waals surface area contributed by atoms with Crippen molar-refractivity contribution >= 4 is 5.91 Å². The average Bonchev–Trinajstić information content (AvgIpc) is 2.64. The molecule has 110 valence electrons. The van der Waals surface area contributed by atoms with E-state index in [1.165, 1.54) is 0 Å². The molecule has 1 fully saturated rings. The van der Waals surface area contributed by atoms with Crippen LogP contribution < -0.4 is 5.32 Å². The lowest BCUT2D eigenvalue weighted by molar-refractivity contribution is -0.158. The third-order valence-corrected chi connectivity index (χ3v) is 3.60. The molecule has 1 heterocycles. The Morgan fingerprint density at radius 1 is 1.37 bits per heavy atom. The Labute approximate surface area is 116 Å². The van der Waals surface area contributed by atoms with Crippen molar-refractivity contribution in [1.29, 1.82) is 0 Å². The molecule has 0 aromatic carbocycles. The van der Waals surface area contributed by atoms with E-state index in [2.05, 4.69) is 32.7 Å². The van der Waals surface area contributed by atoms with Gasteiger partial charge in [0.05, 0.1) is 6.10 Å². The van der Waals surface area contributed by atoms with Gasteiger partial charge in [0, 0.05) is 6.54 Å². The summed E-state index contributed by atoms with van der Waals surface area (Å²) < 4.78 is 11.7. The monoisotopic (exact) mass is 269 g/mol. The number of carbonyl (C=O) groups excluding carboxylic acids is 1. The highest BCUT2D eigenvalue weighted by atomic mass is 16.8. The Balaban J connectivity index is 2.71. The molecule has 1 aliphatic rings. The van der Waals surface area contributed by atoms with Crippen molar-refractivity contribution in [2.45, 2.75) is 59.0 Å². The van der Waals surface area contributed by atoms with Crippen molar-refractivity contribution in [3.63, 3.8) is 0 Å². The summed E-state index contributed by atoms with van der Waals surface area (Å²) in [6.07, 6.45) is 1.81. The van der Waals surface area contributed by atoms with Crippen LogP contribution in [0.25, 0.3) is 0 Å². The summed E-state index contributed by atoms with van der Waals surface area (Å²) in [6, 6.07) is 0. The number of ether oxygens (including phenoxy) is 2. The highest BCUT2D eigenvalue weighted by Gasteiger charge is 2.47. The molecule has 0 aromatic rings. The van der Waals surface area contributed by atoms with Crippen molar-refractivity contribution in [3.05, 3.63) is 12.7 Å². The number of nitrogens with one attached hydrogen (secondary N) is 1. The van der Waals surface area contributed by atoms with Crippen LogP contribution in [-0.4, -0.2) is 30.4 Å². The molecule has 3 atom stereocenters. The van der Waals surface area contributed by atoms with Gasteiger partial charge in [-0.1, -0.05) is 26.8 Å². The molecule has 0 spiro atoms. The normalized spacial score (nSPS) is 27.3. The minimum absolute atomic E-state index is 0.0927. The smallest absolute Gasteiger partial charge is 0.252 e. The van der Waals surface area contributed by atoms with E-state index in [1.54, 1.807) is 6.08 Å². The van der Waals surface area contributed by atoms with Crippen molar-refractivity contribution in [3.8, 4) is 0 Å². The largest absolute Gasteiger partial charge is 0.353 e. The van der Waals surface area contributed by atoms with Crippen LogP contribution in [0.5, 0.6) is 0 Å². The first-order valence-corrected chi connectivity index (χ1v) is 7.02. The second kappa shape index (κ2) is 6.53. The van der Waals surface area contributed by atoms with Crippen LogP contribution >= 0.6 is 0 Å². The van der Waals surface area contributed by atoms with E-state index in [0.29, 0.717) is 12.5 Å². The van der Waals surface area contributed by atoms with E-state index in [9.17, 15) is 4.79 Å². The van der Waals surface area contributed by atoms with E-state index in [4.69, 9.17) is 9.47 Å². The van der Waals surface area contributed by atoms with Gasteiger partial charge in [0.2, 0.25) is 0 Å². The maximum Gasteiger partial charge on any atom is 0.252 e. The summed E-state index contributed by atoms with van der Waals surface area (Å²) >= 11 is 0. The average molecular weight is 269 g/mol. The summed E-state index contributed by atoms with van der Waals surface area (Å²) in [5.74, 6) is -0.0957. The molecular formula is C15H27NO3. The van der Waals surface area contributed by atoms with Gasteiger partial charge in [-0.2, -0.15) is 0 Å². The third kappa shape index (κ3) is 4.32. The Morgan fingerprint density at radius 2 is 2.00 bits per heavy atom. The Bertz CT molecular complexity index is 325. The van der Waals surface area contributed by atoms with Crippen LogP contribution in [0.15, 0.2) is 12.7 Å². The molecule has 1 N–H and O–H groups in total. The minimum atomic E-state index is -0.700. The molecule has 1 saturated heterocycles. The zero-order chi connectivity index (χ0) is 14.6. The zero-order valence-electron chi connectivity index (χ0n) is 12.7. The Hall–Kier alpha value is -0.870. The summed E-state index contributed by atoms with van der Waals surface area (Å²) in [6.45, 7) is 14.3. The van der Waals surface area contributed by atoms with Crippen molar-refractivity contribution in [2.24, 2.45) is 11.8 Å². The number of hydrogen-bond acceptors (Lipinski definition) is 3. The molecule has 0 radical (unpaired) electrons. The maximum absolute atomic E-state index is 12.2. The lowest BCUT2D eigenvalue weighted by Gasteiger charge is -2.25. The van der Waals surface area contributed by atoms with Crippen LogP contribution in [0.4, 0.5) is 0 Å². The van der Waals surface area contributed by atoms with E-state index >= 15 is 0 Å². The van der Waals surface area contributed by atoms with Crippen molar-refractivity contribution in [2.75, 3.05) is 6.54 Å². The van der Waals surface area contributed by atoms with Gasteiger partial charge < -0.3 is 14.8 Å². The molecule has 19 heavy (non-hydrogen) atoms. The molecule has 0 unspecified atom stereocenters. The van der Waals surface area contributed by atoms with Gasteiger partial charge >= 0.3 is 0 Å². The maximum atomic E-state index is 12.2. The molecule has 0 aromatic heterocycles. The van der Waals surface area contributed by atoms with E-state index in [-0.39, 0.29) is 17.9 Å². The van der Waals surface area contributed by atoms with Gasteiger partial charge in [0.15, 0.2) is 11.9 Å². The summed E-state index contributed by atoms with van der Waals surface area (Å²) in [7, 11) is 0. The van der Waals surface area contributed by atoms with Gasteiger partial charge in [0.1, 0.15) is 0 Å². The van der Waals surface area contributed by atoms with E-state index in [1.807, 2.05) is 13.8 Å². The zero-order valence-corrected chi connectivity index (χ0v) is 12.7. The fourth-order valence-corrected chi connectivity index (χ4v) is 2.15. The van der Waals surface area contributed by atoms with Gasteiger partial charge in [0.25, 0.3) is 5.91 Å². The van der Waals surface area contributed by atoms with Crippen LogP contribution in [-0.2, 0) is 14.3 Å². The number of rotatable bonds is 6. The van der Waals surface area contributed by atoms with Gasteiger partial charge in [-0.15, -0.1) is 6.58 Å². The first kappa shape index (κ1) is 16.2. The van der Waals surface area contributed by atoms with Gasteiger partial charge in [-0.25, -0.2) is 0 Å². The third-order valence-electron chi connectivity index (χ3n) is 3.60. The molecule has 4 heteroatoms. The van der Waals surface area contributed by atoms with Crippen LogP contribution in [0, 0.1) is 11.8 Å². The van der Waals surface area contributed by atoms with E-state index < -0.39 is 11.9 Å². The van der Waals surface area contributed by atoms with Crippen molar-refractivity contribution in [1.82, 2.24) is 5.32 Å². The summed E-state index contributed by atoms with van der Waals surface area (Å²) in [4.78, 5) is 12.2. The molecule has 1 rings (SSSR count). The second-order valence-corrected chi connectivity index (χ2v) is 5.99. The van der Waals surface area contributed by atoms with Gasteiger partial charge in [-0.3, -0.25) is 4.79 Å². The van der Waals surface area contributed by atoms with Crippen LogP contribution in [0.3, 0.4) is 0 Å². The fourth-order valence-electron chi connectivity index (χ4n) is 2.15. The molecule has 0 bridgehead atoms. The summed E-state index contributed by atoms with van der Waals surface area (Å²) in [5, 5.41) is 2.87. The standard InChI is InChI=1S/C15H27NO3/c1-7-8-9-16-14(17)13-12(11(4)10(2)3)18-15(5,6)19-13/h7,10-13H,1,8-9H2,2-6H3,(H,16,17)/t11-,12+,13-/m0/s1. The first-order chi connectivity index (χ1) is 8.78. The molecule has 1 aliphatic heterocycles. The Morgan fingerprint density at radius 3 is 2.53 bits per heavy atom. The van der Waals surface area contributed by atoms with Gasteiger partial charge in [-0.05, 0) is 32.1 Å². The predicted octanol–water partition coefficient (Wildman–Crippen LogP) is 2.49.